The van der Waals surface area contributed by atoms with Crippen molar-refractivity contribution in [1.82, 2.24) is 20.4 Å². The van der Waals surface area contributed by atoms with Crippen LogP contribution in [0.15, 0.2) is 84.9 Å². The molecule has 3 N–H and O–H groups in total. The first-order valence-electron chi connectivity index (χ1n) is 16.5. The zero-order chi connectivity index (χ0) is 34.5. The molecule has 2 aliphatic rings. The van der Waals surface area contributed by atoms with Gasteiger partial charge in [-0.15, -0.1) is 0 Å². The SMILES string of the molecule is CC(C)(C)NC(=O)[C@@H]1CN(C(=O)c2ccccc2)CCN1C[C@@H](O)C[C@H](Cc1ccccc1)C(=O)N[C@@H]1CS(=O)(=O)Cc2ccccc21. The largest absolute Gasteiger partial charge is 0.392 e. The summed E-state index contributed by atoms with van der Waals surface area (Å²) in [6.07, 6.45) is -0.537. The highest BCUT2D eigenvalue weighted by atomic mass is 32.2. The number of carbonyl (C=O) groups is 3. The van der Waals surface area contributed by atoms with Crippen LogP contribution >= 0.6 is 0 Å². The summed E-state index contributed by atoms with van der Waals surface area (Å²) in [5.41, 5.74) is 2.42. The van der Waals surface area contributed by atoms with Gasteiger partial charge < -0.3 is 20.6 Å². The van der Waals surface area contributed by atoms with Crippen molar-refractivity contribution in [3.8, 4) is 0 Å². The molecule has 3 aromatic rings. The number of nitrogens with zero attached hydrogens (tertiary/aromatic N) is 2. The molecular formula is C37H46N4O6S. The van der Waals surface area contributed by atoms with E-state index < -0.39 is 39.5 Å². The monoisotopic (exact) mass is 674 g/mol. The van der Waals surface area contributed by atoms with Gasteiger partial charge in [0.25, 0.3) is 5.91 Å². The molecule has 11 heteroatoms. The Labute approximate surface area is 283 Å². The molecule has 4 atom stereocenters. The number of fused-ring (bicyclic) bond motifs is 1. The predicted octanol–water partition coefficient (Wildman–Crippen LogP) is 3.12. The molecule has 3 amide bonds. The highest BCUT2D eigenvalue weighted by molar-refractivity contribution is 7.90. The van der Waals surface area contributed by atoms with Crippen molar-refractivity contribution in [3.05, 3.63) is 107 Å². The van der Waals surface area contributed by atoms with Crippen LogP contribution in [0, 0.1) is 5.92 Å². The summed E-state index contributed by atoms with van der Waals surface area (Å²) in [5.74, 6) is -1.65. The van der Waals surface area contributed by atoms with E-state index >= 15 is 0 Å². The molecule has 0 radical (unpaired) electrons. The number of hydrogen-bond donors (Lipinski definition) is 3. The molecule has 256 valence electrons. The van der Waals surface area contributed by atoms with Crippen LogP contribution < -0.4 is 10.6 Å². The van der Waals surface area contributed by atoms with Gasteiger partial charge in [-0.3, -0.25) is 19.3 Å². The minimum absolute atomic E-state index is 0.0597. The van der Waals surface area contributed by atoms with Crippen LogP contribution in [0.4, 0.5) is 0 Å². The van der Waals surface area contributed by atoms with Crippen molar-refractivity contribution < 1.29 is 27.9 Å². The number of benzene rings is 3. The van der Waals surface area contributed by atoms with Crippen molar-refractivity contribution in [2.75, 3.05) is 31.9 Å². The van der Waals surface area contributed by atoms with E-state index in [-0.39, 0.29) is 48.7 Å². The molecular weight excluding hydrogens is 628 g/mol. The van der Waals surface area contributed by atoms with Crippen molar-refractivity contribution in [2.45, 2.75) is 63.1 Å². The number of aliphatic hydroxyl groups is 1. The van der Waals surface area contributed by atoms with E-state index in [0.29, 0.717) is 30.6 Å². The lowest BCUT2D eigenvalue weighted by molar-refractivity contribution is -0.131. The van der Waals surface area contributed by atoms with Gasteiger partial charge in [-0.2, -0.15) is 0 Å². The average molecular weight is 675 g/mol. The van der Waals surface area contributed by atoms with Gasteiger partial charge in [-0.25, -0.2) is 8.42 Å². The summed E-state index contributed by atoms with van der Waals surface area (Å²) in [6, 6.07) is 24.3. The van der Waals surface area contributed by atoms with Gasteiger partial charge in [0.15, 0.2) is 9.84 Å². The lowest BCUT2D eigenvalue weighted by Gasteiger charge is -2.42. The van der Waals surface area contributed by atoms with Crippen molar-refractivity contribution >= 4 is 27.6 Å². The molecule has 10 nitrogen and oxygen atoms in total. The third-order valence-corrected chi connectivity index (χ3v) is 10.4. The molecule has 0 unspecified atom stereocenters. The van der Waals surface area contributed by atoms with Gasteiger partial charge in [0.1, 0.15) is 6.04 Å². The molecule has 1 fully saturated rings. The Morgan fingerprint density at radius 3 is 2.25 bits per heavy atom. The lowest BCUT2D eigenvalue weighted by atomic mass is 9.91. The fraction of sp³-hybridized carbons (Fsp3) is 0.432. The molecule has 3 aromatic carbocycles. The van der Waals surface area contributed by atoms with E-state index in [1.165, 1.54) is 0 Å². The second kappa shape index (κ2) is 15.0. The quantitative estimate of drug-likeness (QED) is 0.301. The van der Waals surface area contributed by atoms with E-state index in [1.807, 2.05) is 74.2 Å². The van der Waals surface area contributed by atoms with E-state index in [2.05, 4.69) is 10.6 Å². The first-order valence-corrected chi connectivity index (χ1v) is 18.3. The maximum atomic E-state index is 13.9. The number of nitrogens with one attached hydrogen (secondary N) is 2. The van der Waals surface area contributed by atoms with Crippen LogP contribution in [-0.4, -0.2) is 90.7 Å². The summed E-state index contributed by atoms with van der Waals surface area (Å²) in [7, 11) is -3.41. The van der Waals surface area contributed by atoms with Crippen molar-refractivity contribution in [3.63, 3.8) is 0 Å². The van der Waals surface area contributed by atoms with Crippen LogP contribution in [0.3, 0.4) is 0 Å². The van der Waals surface area contributed by atoms with E-state index in [1.54, 1.807) is 41.3 Å². The van der Waals surface area contributed by atoms with Crippen LogP contribution in [-0.2, 0) is 31.6 Å². The summed E-state index contributed by atoms with van der Waals surface area (Å²) in [5, 5.41) is 17.5. The molecule has 0 saturated carbocycles. The number of hydrogen-bond acceptors (Lipinski definition) is 7. The Morgan fingerprint density at radius 2 is 1.56 bits per heavy atom. The topological polar surface area (TPSA) is 136 Å². The van der Waals surface area contributed by atoms with Gasteiger partial charge in [0.05, 0.1) is 23.7 Å². The summed E-state index contributed by atoms with van der Waals surface area (Å²) in [4.78, 5) is 44.3. The van der Waals surface area contributed by atoms with Crippen LogP contribution in [0.5, 0.6) is 0 Å². The third kappa shape index (κ3) is 9.30. The molecule has 0 bridgehead atoms. The third-order valence-electron chi connectivity index (χ3n) is 8.84. The molecule has 2 heterocycles. The highest BCUT2D eigenvalue weighted by Gasteiger charge is 2.38. The Bertz CT molecular complexity index is 1690. The van der Waals surface area contributed by atoms with Crippen LogP contribution in [0.25, 0.3) is 0 Å². The number of β-amino-alcohol motifs (C(OH)–C–C–N with tert-alkyl or cyclic N) is 1. The lowest BCUT2D eigenvalue weighted by Crippen LogP contribution is -2.62. The molecule has 1 saturated heterocycles. The van der Waals surface area contributed by atoms with Gasteiger partial charge >= 0.3 is 0 Å². The maximum Gasteiger partial charge on any atom is 0.253 e. The highest BCUT2D eigenvalue weighted by Crippen LogP contribution is 2.29. The first-order chi connectivity index (χ1) is 22.8. The summed E-state index contributed by atoms with van der Waals surface area (Å²) < 4.78 is 25.5. The Morgan fingerprint density at radius 1 is 0.917 bits per heavy atom. The maximum absolute atomic E-state index is 13.9. The number of carbonyl (C=O) groups excluding carboxylic acids is 3. The van der Waals surface area contributed by atoms with Crippen LogP contribution in [0.2, 0.25) is 0 Å². The minimum atomic E-state index is -3.41. The van der Waals surface area contributed by atoms with Crippen molar-refractivity contribution in [1.29, 1.82) is 0 Å². The number of aliphatic hydroxyl groups excluding tert-OH is 1. The number of amides is 3. The zero-order valence-corrected chi connectivity index (χ0v) is 28.7. The van der Waals surface area contributed by atoms with Gasteiger partial charge in [0, 0.05) is 43.2 Å². The smallest absolute Gasteiger partial charge is 0.253 e. The molecule has 5 rings (SSSR count). The number of piperazine rings is 1. The molecule has 48 heavy (non-hydrogen) atoms. The second-order valence-electron chi connectivity index (χ2n) is 14.0. The predicted molar refractivity (Wildman–Crippen MR) is 185 cm³/mol. The summed E-state index contributed by atoms with van der Waals surface area (Å²) >= 11 is 0. The van der Waals surface area contributed by atoms with E-state index in [9.17, 15) is 27.9 Å². The zero-order valence-electron chi connectivity index (χ0n) is 27.8. The fourth-order valence-corrected chi connectivity index (χ4v) is 8.22. The second-order valence-corrected chi connectivity index (χ2v) is 16.1. The minimum Gasteiger partial charge on any atom is -0.392 e. The Kier molecular flexibility index (Phi) is 11.0. The van der Waals surface area contributed by atoms with E-state index in [0.717, 1.165) is 11.1 Å². The summed E-state index contributed by atoms with van der Waals surface area (Å²) in [6.45, 7) is 6.70. The normalized spacial score (nSPS) is 20.6. The number of sulfone groups is 1. The van der Waals surface area contributed by atoms with Crippen molar-refractivity contribution in [2.24, 2.45) is 5.92 Å². The average Bonchev–Trinajstić information content (AvgIpc) is 3.04. The Hall–Kier alpha value is -4.06. The molecule has 0 aromatic heterocycles. The number of rotatable bonds is 10. The van der Waals surface area contributed by atoms with Gasteiger partial charge in [-0.05, 0) is 62.4 Å². The standard InChI is InChI=1S/C37H46N4O6S/c1-37(2,3)39-35(44)33-23-41(36(45)27-14-8-5-9-15-27)19-18-40(33)22-30(42)21-29(20-26-12-6-4-7-13-26)34(43)38-32-25-48(46,47)24-28-16-10-11-17-31(28)32/h4-17,29-30,32-33,42H,18-25H2,1-3H3,(H,38,43)(H,39,44)/t29-,30-,32+,33-/m0/s1. The van der Waals surface area contributed by atoms with E-state index in [4.69, 9.17) is 0 Å². The first kappa shape index (κ1) is 35.3. The van der Waals surface area contributed by atoms with Gasteiger partial charge in [0.2, 0.25) is 11.8 Å². The van der Waals surface area contributed by atoms with Crippen LogP contribution in [0.1, 0.15) is 60.3 Å². The Balaban J connectivity index is 1.32. The molecule has 0 spiro atoms. The molecule has 2 aliphatic heterocycles. The van der Waals surface area contributed by atoms with Gasteiger partial charge in [-0.1, -0.05) is 72.8 Å². The fourth-order valence-electron chi connectivity index (χ4n) is 6.60. The molecule has 0 aliphatic carbocycles.